The van der Waals surface area contributed by atoms with Crippen molar-refractivity contribution in [2.45, 2.75) is 6.92 Å². The SMILES string of the molecule is [2H]c1c(F)c([2H])c(-c2c(C)ccc3c2oc2c(-c4cccc(-c5ccccc5)c4)c(C#N)ccc23)[n+](C)c1[2H]. The van der Waals surface area contributed by atoms with Gasteiger partial charge in [0.15, 0.2) is 6.17 Å². The van der Waals surface area contributed by atoms with Gasteiger partial charge in [0.05, 0.1) is 19.9 Å². The van der Waals surface area contributed by atoms with Crippen molar-refractivity contribution in [1.29, 1.82) is 5.26 Å². The molecule has 36 heavy (non-hydrogen) atoms. The molecule has 0 radical (unpaired) electrons. The first-order valence-electron chi connectivity index (χ1n) is 13.0. The van der Waals surface area contributed by atoms with Gasteiger partial charge in [-0.25, -0.2) is 8.96 Å². The number of nitrogens with zero attached hydrogens (tertiary/aromatic N) is 2. The number of halogens is 1. The number of fused-ring (bicyclic) bond motifs is 3. The van der Waals surface area contributed by atoms with Gasteiger partial charge in [0.2, 0.25) is 5.69 Å². The highest BCUT2D eigenvalue weighted by Gasteiger charge is 2.23. The Balaban J connectivity index is 1.69. The number of rotatable bonds is 3. The third kappa shape index (κ3) is 3.45. The number of aromatic nitrogens is 1. The lowest BCUT2D eigenvalue weighted by Gasteiger charge is -2.08. The van der Waals surface area contributed by atoms with Gasteiger partial charge in [-0.1, -0.05) is 60.7 Å². The second kappa shape index (κ2) is 8.48. The highest BCUT2D eigenvalue weighted by molar-refractivity contribution is 6.14. The lowest BCUT2D eigenvalue weighted by atomic mass is 9.94. The van der Waals surface area contributed by atoms with Gasteiger partial charge in [0.1, 0.15) is 25.4 Å². The highest BCUT2D eigenvalue weighted by Crippen LogP contribution is 2.42. The smallest absolute Gasteiger partial charge is 0.219 e. The van der Waals surface area contributed by atoms with E-state index >= 15 is 0 Å². The van der Waals surface area contributed by atoms with Crippen LogP contribution in [0.3, 0.4) is 0 Å². The summed E-state index contributed by atoms with van der Waals surface area (Å²) in [5.74, 6) is -1.05. The molecule has 172 valence electrons. The zero-order valence-corrected chi connectivity index (χ0v) is 19.7. The summed E-state index contributed by atoms with van der Waals surface area (Å²) < 4.78 is 47.3. The van der Waals surface area contributed by atoms with E-state index in [0.717, 1.165) is 33.0 Å². The molecular weight excluding hydrogens is 447 g/mol. The first-order chi connectivity index (χ1) is 18.8. The summed E-state index contributed by atoms with van der Waals surface area (Å²) in [6, 6.07) is 26.5. The van der Waals surface area contributed by atoms with Gasteiger partial charge in [-0.3, -0.25) is 0 Å². The van der Waals surface area contributed by atoms with Gasteiger partial charge in [-0.2, -0.15) is 5.26 Å². The average molecular weight is 473 g/mol. The van der Waals surface area contributed by atoms with Gasteiger partial charge in [0, 0.05) is 28.4 Å². The van der Waals surface area contributed by atoms with E-state index in [9.17, 15) is 9.65 Å². The van der Waals surface area contributed by atoms with Crippen molar-refractivity contribution in [3.63, 3.8) is 0 Å². The number of aryl methyl sites for hydroxylation is 1. The quantitative estimate of drug-likeness (QED) is 0.247. The fourth-order valence-corrected chi connectivity index (χ4v) is 4.80. The Bertz CT molecular complexity index is 1960. The molecule has 0 spiro atoms. The first-order valence-corrected chi connectivity index (χ1v) is 11.5. The van der Waals surface area contributed by atoms with E-state index in [1.54, 1.807) is 13.1 Å². The van der Waals surface area contributed by atoms with E-state index in [2.05, 4.69) is 6.07 Å². The fourth-order valence-electron chi connectivity index (χ4n) is 4.80. The molecule has 0 atom stereocenters. The molecule has 0 aliphatic rings. The topological polar surface area (TPSA) is 40.8 Å². The van der Waals surface area contributed by atoms with Crippen LogP contribution in [0.2, 0.25) is 0 Å². The molecule has 4 heteroatoms. The van der Waals surface area contributed by atoms with Crippen molar-refractivity contribution in [2.24, 2.45) is 7.05 Å². The summed E-state index contributed by atoms with van der Waals surface area (Å²) in [4.78, 5) is 0. The van der Waals surface area contributed by atoms with Crippen LogP contribution in [0.25, 0.3) is 55.4 Å². The molecule has 6 rings (SSSR count). The summed E-state index contributed by atoms with van der Waals surface area (Å²) in [6.07, 6.45) is -0.337. The molecule has 0 bridgehead atoms. The van der Waals surface area contributed by atoms with Crippen LogP contribution in [0.4, 0.5) is 4.39 Å². The third-order valence-corrected chi connectivity index (χ3v) is 6.53. The van der Waals surface area contributed by atoms with Gasteiger partial charge in [0.25, 0.3) is 0 Å². The van der Waals surface area contributed by atoms with E-state index < -0.39 is 17.9 Å². The lowest BCUT2D eigenvalue weighted by Crippen LogP contribution is -2.30. The second-order valence-corrected chi connectivity index (χ2v) is 8.74. The van der Waals surface area contributed by atoms with Crippen molar-refractivity contribution >= 4 is 21.9 Å². The fraction of sp³-hybridized carbons (Fsp3) is 0.0625. The van der Waals surface area contributed by atoms with Crippen LogP contribution in [-0.4, -0.2) is 0 Å². The van der Waals surface area contributed by atoms with E-state index in [4.69, 9.17) is 8.53 Å². The molecule has 0 N–H and O–H groups in total. The van der Waals surface area contributed by atoms with Crippen LogP contribution in [0.5, 0.6) is 0 Å². The summed E-state index contributed by atoms with van der Waals surface area (Å²) in [6.45, 7) is 1.84. The van der Waals surface area contributed by atoms with Crippen molar-refractivity contribution in [2.75, 3.05) is 0 Å². The minimum atomic E-state index is -1.05. The van der Waals surface area contributed by atoms with Crippen LogP contribution < -0.4 is 4.57 Å². The van der Waals surface area contributed by atoms with Crippen molar-refractivity contribution in [3.8, 4) is 39.6 Å². The van der Waals surface area contributed by atoms with Crippen LogP contribution in [0, 0.1) is 24.1 Å². The summed E-state index contributed by atoms with van der Waals surface area (Å²) in [5.41, 5.74) is 6.29. The third-order valence-electron chi connectivity index (χ3n) is 6.53. The maximum atomic E-state index is 14.8. The van der Waals surface area contributed by atoms with Crippen molar-refractivity contribution in [1.82, 2.24) is 0 Å². The molecule has 0 aliphatic carbocycles. The number of hydrogen-bond acceptors (Lipinski definition) is 2. The molecule has 4 aromatic carbocycles. The normalized spacial score (nSPS) is 12.3. The monoisotopic (exact) mass is 472 g/mol. The molecule has 0 saturated heterocycles. The molecule has 6 aromatic rings. The maximum Gasteiger partial charge on any atom is 0.219 e. The average Bonchev–Trinajstić information content (AvgIpc) is 3.34. The van der Waals surface area contributed by atoms with E-state index in [1.807, 2.05) is 79.7 Å². The molecule has 0 unspecified atom stereocenters. The van der Waals surface area contributed by atoms with E-state index in [-0.39, 0.29) is 11.9 Å². The lowest BCUT2D eigenvalue weighted by molar-refractivity contribution is -0.660. The molecule has 0 aliphatic heterocycles. The number of furan rings is 1. The summed E-state index contributed by atoms with van der Waals surface area (Å²) >= 11 is 0. The molecule has 0 amide bonds. The van der Waals surface area contributed by atoms with Gasteiger partial charge in [-0.15, -0.1) is 0 Å². The van der Waals surface area contributed by atoms with E-state index in [0.29, 0.717) is 27.9 Å². The second-order valence-electron chi connectivity index (χ2n) is 8.74. The van der Waals surface area contributed by atoms with Gasteiger partial charge >= 0.3 is 0 Å². The van der Waals surface area contributed by atoms with Crippen molar-refractivity contribution < 1.29 is 17.5 Å². The number of nitriles is 1. The number of hydrogen-bond donors (Lipinski definition) is 0. The number of pyridine rings is 1. The Labute approximate surface area is 212 Å². The van der Waals surface area contributed by atoms with Crippen LogP contribution in [0.15, 0.2) is 102 Å². The maximum absolute atomic E-state index is 14.8. The van der Waals surface area contributed by atoms with Gasteiger partial charge in [-0.05, 0) is 47.4 Å². The standard InChI is InChI=1S/C32H22FN2O/c1-20-11-13-26-27-14-12-24(19-34)30(23-10-6-9-22(17-23)21-7-4-3-5-8-21)32(27)36-31(26)29(20)28-18-25(33)15-16-35(28)2/h3-18H,1-2H3/q+1/i15D,16D,18D. The molecule has 3 nitrogen and oxygen atoms in total. The van der Waals surface area contributed by atoms with Crippen LogP contribution >= 0.6 is 0 Å². The van der Waals surface area contributed by atoms with Crippen molar-refractivity contribution in [3.05, 3.63) is 114 Å². The largest absolute Gasteiger partial charge is 0.454 e. The Kier molecular flexibility index (Phi) is 4.37. The molecule has 0 saturated carbocycles. The summed E-state index contributed by atoms with van der Waals surface area (Å²) in [5, 5.41) is 11.6. The zero-order valence-electron chi connectivity index (χ0n) is 22.7. The Morgan fingerprint density at radius 1 is 0.861 bits per heavy atom. The first kappa shape index (κ1) is 18.6. The highest BCUT2D eigenvalue weighted by atomic mass is 19.1. The Morgan fingerprint density at radius 2 is 1.56 bits per heavy atom. The molecule has 2 heterocycles. The zero-order chi connectivity index (χ0) is 27.4. The minimum absolute atomic E-state index is 0.156. The minimum Gasteiger partial charge on any atom is -0.454 e. The predicted octanol–water partition coefficient (Wildman–Crippen LogP) is 7.73. The predicted molar refractivity (Wildman–Crippen MR) is 141 cm³/mol. The molecule has 0 fully saturated rings. The van der Waals surface area contributed by atoms with Crippen LogP contribution in [0.1, 0.15) is 15.2 Å². The number of benzene rings is 4. The summed E-state index contributed by atoms with van der Waals surface area (Å²) in [7, 11) is 1.54. The van der Waals surface area contributed by atoms with E-state index in [1.165, 1.54) is 4.57 Å². The molecular formula is C32H22FN2O+. The Hall–Kier alpha value is -4.75. The molecule has 2 aromatic heterocycles. The Morgan fingerprint density at radius 3 is 2.33 bits per heavy atom. The van der Waals surface area contributed by atoms with Crippen LogP contribution in [-0.2, 0) is 7.05 Å². The van der Waals surface area contributed by atoms with Gasteiger partial charge < -0.3 is 4.42 Å².